The summed E-state index contributed by atoms with van der Waals surface area (Å²) in [7, 11) is -1.47. The van der Waals surface area contributed by atoms with Crippen LogP contribution in [-0.2, 0) is 17.4 Å². The van der Waals surface area contributed by atoms with Gasteiger partial charge in [-0.1, -0.05) is 18.2 Å². The molecule has 2 aliphatic rings. The number of hydrogen-bond acceptors (Lipinski definition) is 5. The van der Waals surface area contributed by atoms with E-state index in [1.54, 1.807) is 24.3 Å². The lowest BCUT2D eigenvalue weighted by atomic mass is 10.0. The van der Waals surface area contributed by atoms with Crippen molar-refractivity contribution in [2.75, 3.05) is 13.2 Å². The fourth-order valence-electron chi connectivity index (χ4n) is 3.44. The zero-order chi connectivity index (χ0) is 21.6. The van der Waals surface area contributed by atoms with Gasteiger partial charge >= 0.3 is 0 Å². The number of aromatic hydroxyl groups is 1. The minimum absolute atomic E-state index is 0.346. The molecule has 2 aromatic carbocycles. The quantitative estimate of drug-likeness (QED) is 0.565. The number of phenols is 1. The molecule has 7 heteroatoms. The average Bonchev–Trinajstić information content (AvgIpc) is 3.00. The Morgan fingerprint density at radius 2 is 1.87 bits per heavy atom. The molecule has 0 spiro atoms. The maximum absolute atomic E-state index is 11.0. The zero-order valence-corrected chi connectivity index (χ0v) is 18.7. The second-order valence-corrected chi connectivity index (χ2v) is 9.56. The minimum Gasteiger partial charge on any atom is -0.508 e. The topological polar surface area (TPSA) is 81.8 Å². The smallest absolute Gasteiger partial charge is 0.162 e. The van der Waals surface area contributed by atoms with Crippen molar-refractivity contribution in [3.63, 3.8) is 0 Å². The van der Waals surface area contributed by atoms with E-state index in [2.05, 4.69) is 24.3 Å². The molecule has 3 N–H and O–H groups in total. The number of benzene rings is 2. The molecule has 0 fully saturated rings. The predicted octanol–water partition coefficient (Wildman–Crippen LogP) is 5.26. The molecule has 5 rings (SSSR count). The number of nitrogens with two attached hydrogens (primary N) is 1. The molecule has 1 atom stereocenters. The van der Waals surface area contributed by atoms with Crippen molar-refractivity contribution in [1.29, 1.82) is 0 Å². The lowest BCUT2D eigenvalue weighted by Crippen LogP contribution is -2.03. The molecule has 162 valence electrons. The fourth-order valence-corrected chi connectivity index (χ4v) is 4.95. The Morgan fingerprint density at radius 3 is 2.65 bits per heavy atom. The Balaban J connectivity index is 0.000000152. The summed E-state index contributed by atoms with van der Waals surface area (Å²) in [5, 5.41) is 15.8. The van der Waals surface area contributed by atoms with Crippen molar-refractivity contribution in [2.24, 2.45) is 5.14 Å². The standard InChI is InChI=1S/C15H14OS.C9H11NO3S/c16-13-6-7-15-12(9-13)10-14(17-15)8-11-4-2-1-3-5-11;10-14(11)7-2-3-8-9(6-7)13-5-1-4-12-8/h2,4-7,9-10,16H,1,3,8H2;2-3,6H,1,4-5,10H2. The minimum atomic E-state index is -1.47. The van der Waals surface area contributed by atoms with E-state index < -0.39 is 11.0 Å². The first-order valence-electron chi connectivity index (χ1n) is 10.2. The summed E-state index contributed by atoms with van der Waals surface area (Å²) >= 11 is 1.81. The highest BCUT2D eigenvalue weighted by atomic mass is 32.2. The summed E-state index contributed by atoms with van der Waals surface area (Å²) in [5.41, 5.74) is 1.41. The Labute approximate surface area is 188 Å². The number of fused-ring (bicyclic) bond motifs is 2. The Hall–Kier alpha value is -2.61. The fraction of sp³-hybridized carbons (Fsp3) is 0.250. The van der Waals surface area contributed by atoms with E-state index in [0.717, 1.165) is 24.6 Å². The largest absolute Gasteiger partial charge is 0.508 e. The van der Waals surface area contributed by atoms with Crippen LogP contribution in [-0.4, -0.2) is 22.5 Å². The first-order valence-corrected chi connectivity index (χ1v) is 12.2. The number of hydrogen-bond donors (Lipinski definition) is 2. The van der Waals surface area contributed by atoms with E-state index in [1.165, 1.54) is 21.6 Å². The molecule has 2 heterocycles. The van der Waals surface area contributed by atoms with Gasteiger partial charge in [-0.25, -0.2) is 9.35 Å². The zero-order valence-electron chi connectivity index (χ0n) is 17.1. The number of allylic oxidation sites excluding steroid dienone is 4. The molecule has 5 nitrogen and oxygen atoms in total. The lowest BCUT2D eigenvalue weighted by molar-refractivity contribution is 0.297. The van der Waals surface area contributed by atoms with Crippen molar-refractivity contribution >= 4 is 32.4 Å². The van der Waals surface area contributed by atoms with Crippen LogP contribution in [0.15, 0.2) is 71.2 Å². The van der Waals surface area contributed by atoms with E-state index in [-0.39, 0.29) is 0 Å². The van der Waals surface area contributed by atoms with Gasteiger partial charge in [0.25, 0.3) is 0 Å². The summed E-state index contributed by atoms with van der Waals surface area (Å²) in [6, 6.07) is 12.8. The van der Waals surface area contributed by atoms with Crippen molar-refractivity contribution in [2.45, 2.75) is 30.6 Å². The monoisotopic (exact) mass is 455 g/mol. The van der Waals surface area contributed by atoms with Gasteiger partial charge in [0.15, 0.2) is 11.5 Å². The highest BCUT2D eigenvalue weighted by molar-refractivity contribution is 7.82. The molecule has 3 aromatic rings. The van der Waals surface area contributed by atoms with Gasteiger partial charge in [0.05, 0.1) is 18.1 Å². The van der Waals surface area contributed by atoms with Gasteiger partial charge in [-0.15, -0.1) is 11.3 Å². The van der Waals surface area contributed by atoms with Crippen LogP contribution in [0.4, 0.5) is 0 Å². The molecule has 1 unspecified atom stereocenters. The molecular formula is C24H25NO4S2. The van der Waals surface area contributed by atoms with Crippen LogP contribution in [0.1, 0.15) is 24.1 Å². The summed E-state index contributed by atoms with van der Waals surface area (Å²) in [6.45, 7) is 1.27. The van der Waals surface area contributed by atoms with E-state index in [0.29, 0.717) is 35.4 Å². The van der Waals surface area contributed by atoms with Gasteiger partial charge in [-0.2, -0.15) is 0 Å². The van der Waals surface area contributed by atoms with Crippen LogP contribution in [0.5, 0.6) is 17.2 Å². The molecule has 0 bridgehead atoms. The summed E-state index contributed by atoms with van der Waals surface area (Å²) in [5.74, 6) is 1.66. The van der Waals surface area contributed by atoms with Gasteiger partial charge in [-0.05, 0) is 60.2 Å². The third-order valence-electron chi connectivity index (χ3n) is 4.95. The highest BCUT2D eigenvalue weighted by Crippen LogP contribution is 2.31. The van der Waals surface area contributed by atoms with Crippen molar-refractivity contribution in [1.82, 2.24) is 0 Å². The maximum Gasteiger partial charge on any atom is 0.162 e. The normalized spacial score (nSPS) is 16.1. The third-order valence-corrected chi connectivity index (χ3v) is 6.79. The van der Waals surface area contributed by atoms with Crippen molar-refractivity contribution < 1.29 is 18.8 Å². The number of ether oxygens (including phenoxy) is 2. The summed E-state index contributed by atoms with van der Waals surface area (Å²) < 4.78 is 23.1. The molecule has 0 radical (unpaired) electrons. The van der Waals surface area contributed by atoms with E-state index >= 15 is 0 Å². The second-order valence-electron chi connectivity index (χ2n) is 7.33. The predicted molar refractivity (Wildman–Crippen MR) is 126 cm³/mol. The van der Waals surface area contributed by atoms with Crippen LogP contribution in [0.3, 0.4) is 0 Å². The Kier molecular flexibility index (Phi) is 7.06. The molecule has 0 saturated heterocycles. The number of thiophene rings is 1. The van der Waals surface area contributed by atoms with Crippen LogP contribution in [0, 0.1) is 0 Å². The molecule has 0 saturated carbocycles. The van der Waals surface area contributed by atoms with Gasteiger partial charge in [0.2, 0.25) is 0 Å². The van der Waals surface area contributed by atoms with Gasteiger partial charge < -0.3 is 14.6 Å². The van der Waals surface area contributed by atoms with Crippen molar-refractivity contribution in [3.8, 4) is 17.2 Å². The average molecular weight is 456 g/mol. The van der Waals surface area contributed by atoms with E-state index in [1.807, 2.05) is 23.5 Å². The van der Waals surface area contributed by atoms with Crippen LogP contribution in [0.25, 0.3) is 10.1 Å². The van der Waals surface area contributed by atoms with E-state index in [9.17, 15) is 9.32 Å². The van der Waals surface area contributed by atoms with Crippen molar-refractivity contribution in [3.05, 3.63) is 71.1 Å². The SMILES string of the molecule is NS(=O)c1ccc2c(c1)OCCCO2.Oc1ccc2sc(CC3=CCCC=C3)cc2c1. The molecule has 0 amide bonds. The summed E-state index contributed by atoms with van der Waals surface area (Å²) in [4.78, 5) is 1.91. The van der Waals surface area contributed by atoms with E-state index in [4.69, 9.17) is 14.6 Å². The number of rotatable bonds is 3. The third kappa shape index (κ3) is 5.76. The molecular weight excluding hydrogens is 430 g/mol. The molecule has 31 heavy (non-hydrogen) atoms. The first-order chi connectivity index (χ1) is 15.1. The summed E-state index contributed by atoms with van der Waals surface area (Å²) in [6.07, 6.45) is 11.0. The van der Waals surface area contributed by atoms with Crippen LogP contribution < -0.4 is 14.6 Å². The second kappa shape index (κ2) is 10.1. The number of phenolic OH excluding ortho intramolecular Hbond substituents is 1. The lowest BCUT2D eigenvalue weighted by Gasteiger charge is -2.07. The van der Waals surface area contributed by atoms with Crippen LogP contribution >= 0.6 is 11.3 Å². The highest BCUT2D eigenvalue weighted by Gasteiger charge is 2.11. The maximum atomic E-state index is 11.0. The molecule has 1 aliphatic heterocycles. The van der Waals surface area contributed by atoms with Crippen LogP contribution in [0.2, 0.25) is 0 Å². The van der Waals surface area contributed by atoms with Gasteiger partial charge in [0, 0.05) is 28.5 Å². The Bertz CT molecular complexity index is 1150. The Morgan fingerprint density at radius 1 is 1.03 bits per heavy atom. The molecule has 1 aromatic heterocycles. The first kappa shape index (κ1) is 21.6. The van der Waals surface area contributed by atoms with Gasteiger partial charge in [0.1, 0.15) is 16.7 Å². The van der Waals surface area contributed by atoms with Gasteiger partial charge in [-0.3, -0.25) is 0 Å². The molecule has 1 aliphatic carbocycles.